The van der Waals surface area contributed by atoms with E-state index in [1.807, 2.05) is 24.3 Å². The average Bonchev–Trinajstić information content (AvgIpc) is 3.25. The summed E-state index contributed by atoms with van der Waals surface area (Å²) < 4.78 is 5.22. The van der Waals surface area contributed by atoms with Crippen molar-refractivity contribution in [2.24, 2.45) is 5.92 Å². The number of hydrogen-bond acceptors (Lipinski definition) is 3. The van der Waals surface area contributed by atoms with Crippen molar-refractivity contribution in [2.75, 3.05) is 32.1 Å². The van der Waals surface area contributed by atoms with E-state index in [9.17, 15) is 4.79 Å². The summed E-state index contributed by atoms with van der Waals surface area (Å²) in [5.74, 6) is 1.25. The minimum Gasteiger partial charge on any atom is -0.495 e. The second kappa shape index (κ2) is 6.35. The fourth-order valence-corrected chi connectivity index (χ4v) is 2.95. The standard InChI is InChI=1S/C16H23N3O2/c1-21-15-5-3-2-4-14(15)18-16(20)17-10-12-8-9-19(11-12)13-6-7-13/h2-5,12-13H,6-11H2,1H3,(H2,17,18,20)/t12-/m0/s1. The van der Waals surface area contributed by atoms with Gasteiger partial charge in [0.2, 0.25) is 0 Å². The van der Waals surface area contributed by atoms with E-state index in [1.54, 1.807) is 7.11 Å². The van der Waals surface area contributed by atoms with Crippen LogP contribution in [0.2, 0.25) is 0 Å². The highest BCUT2D eigenvalue weighted by Crippen LogP contribution is 2.31. The molecule has 2 fully saturated rings. The number of para-hydroxylation sites is 2. The molecule has 1 atom stereocenters. The molecule has 3 rings (SSSR count). The van der Waals surface area contributed by atoms with Gasteiger partial charge in [0, 0.05) is 19.1 Å². The van der Waals surface area contributed by atoms with Crippen LogP contribution >= 0.6 is 0 Å². The lowest BCUT2D eigenvalue weighted by Crippen LogP contribution is -2.34. The summed E-state index contributed by atoms with van der Waals surface area (Å²) in [6.07, 6.45) is 3.90. The van der Waals surface area contributed by atoms with E-state index in [2.05, 4.69) is 15.5 Å². The van der Waals surface area contributed by atoms with Crippen molar-refractivity contribution in [1.82, 2.24) is 10.2 Å². The highest BCUT2D eigenvalue weighted by Gasteiger charge is 2.34. The number of urea groups is 1. The summed E-state index contributed by atoms with van der Waals surface area (Å²) in [5, 5.41) is 5.82. The largest absolute Gasteiger partial charge is 0.495 e. The lowest BCUT2D eigenvalue weighted by molar-refractivity contribution is 0.249. The van der Waals surface area contributed by atoms with Gasteiger partial charge in [-0.25, -0.2) is 4.79 Å². The summed E-state index contributed by atoms with van der Waals surface area (Å²) in [6.45, 7) is 3.05. The van der Waals surface area contributed by atoms with Crippen LogP contribution < -0.4 is 15.4 Å². The Bertz CT molecular complexity index is 502. The molecule has 21 heavy (non-hydrogen) atoms. The van der Waals surface area contributed by atoms with Crippen LogP contribution in [0.1, 0.15) is 19.3 Å². The first-order valence-corrected chi connectivity index (χ1v) is 7.68. The van der Waals surface area contributed by atoms with Gasteiger partial charge < -0.3 is 20.3 Å². The van der Waals surface area contributed by atoms with E-state index >= 15 is 0 Å². The molecule has 1 aromatic rings. The van der Waals surface area contributed by atoms with Crippen LogP contribution in [-0.2, 0) is 0 Å². The molecular formula is C16H23N3O2. The number of hydrogen-bond donors (Lipinski definition) is 2. The third-order valence-electron chi connectivity index (χ3n) is 4.29. The molecular weight excluding hydrogens is 266 g/mol. The van der Waals surface area contributed by atoms with Gasteiger partial charge in [0.15, 0.2) is 0 Å². The maximum absolute atomic E-state index is 12.0. The maximum atomic E-state index is 12.0. The number of ether oxygens (including phenoxy) is 1. The van der Waals surface area contributed by atoms with Crippen molar-refractivity contribution in [3.8, 4) is 5.75 Å². The van der Waals surface area contributed by atoms with Crippen molar-refractivity contribution in [1.29, 1.82) is 0 Å². The average molecular weight is 289 g/mol. The summed E-state index contributed by atoms with van der Waals surface area (Å²) >= 11 is 0. The van der Waals surface area contributed by atoms with Crippen LogP contribution in [0.25, 0.3) is 0 Å². The van der Waals surface area contributed by atoms with Crippen molar-refractivity contribution in [3.05, 3.63) is 24.3 Å². The van der Waals surface area contributed by atoms with Crippen LogP contribution in [0.3, 0.4) is 0 Å². The zero-order valence-electron chi connectivity index (χ0n) is 12.5. The fourth-order valence-electron chi connectivity index (χ4n) is 2.95. The molecule has 0 bridgehead atoms. The smallest absolute Gasteiger partial charge is 0.319 e. The molecule has 0 radical (unpaired) electrons. The summed E-state index contributed by atoms with van der Waals surface area (Å²) in [6, 6.07) is 8.10. The normalized spacial score (nSPS) is 22.0. The van der Waals surface area contributed by atoms with Crippen LogP contribution in [0, 0.1) is 5.92 Å². The molecule has 114 valence electrons. The SMILES string of the molecule is COc1ccccc1NC(=O)NC[C@@H]1CCN(C2CC2)C1. The Hall–Kier alpha value is -1.75. The van der Waals surface area contributed by atoms with Gasteiger partial charge in [-0.3, -0.25) is 0 Å². The Labute approximate surface area is 125 Å². The molecule has 1 aliphatic carbocycles. The molecule has 2 amide bonds. The number of likely N-dealkylation sites (tertiary alicyclic amines) is 1. The zero-order valence-corrected chi connectivity index (χ0v) is 12.5. The number of nitrogens with zero attached hydrogens (tertiary/aromatic N) is 1. The Morgan fingerprint density at radius 3 is 2.90 bits per heavy atom. The molecule has 1 heterocycles. The second-order valence-electron chi connectivity index (χ2n) is 5.92. The Morgan fingerprint density at radius 1 is 1.33 bits per heavy atom. The predicted molar refractivity (Wildman–Crippen MR) is 82.7 cm³/mol. The summed E-state index contributed by atoms with van der Waals surface area (Å²) in [5.41, 5.74) is 0.698. The highest BCUT2D eigenvalue weighted by molar-refractivity contribution is 5.90. The third kappa shape index (κ3) is 3.67. The van der Waals surface area contributed by atoms with Gasteiger partial charge in [0.25, 0.3) is 0 Å². The molecule has 5 nitrogen and oxygen atoms in total. The Morgan fingerprint density at radius 2 is 2.14 bits per heavy atom. The summed E-state index contributed by atoms with van der Waals surface area (Å²) in [7, 11) is 1.60. The quantitative estimate of drug-likeness (QED) is 0.874. The molecule has 1 aromatic carbocycles. The van der Waals surface area contributed by atoms with Crippen molar-refractivity contribution in [3.63, 3.8) is 0 Å². The first-order valence-electron chi connectivity index (χ1n) is 7.68. The van der Waals surface area contributed by atoms with Crippen molar-refractivity contribution >= 4 is 11.7 Å². The minimum atomic E-state index is -0.163. The molecule has 0 aromatic heterocycles. The molecule has 1 saturated heterocycles. The van der Waals surface area contributed by atoms with Gasteiger partial charge in [-0.2, -0.15) is 0 Å². The molecule has 2 aliphatic rings. The molecule has 1 saturated carbocycles. The number of methoxy groups -OCH3 is 1. The van der Waals surface area contributed by atoms with E-state index in [0.717, 1.165) is 19.1 Å². The molecule has 5 heteroatoms. The maximum Gasteiger partial charge on any atom is 0.319 e. The predicted octanol–water partition coefficient (Wildman–Crippen LogP) is 2.30. The van der Waals surface area contributed by atoms with Crippen molar-refractivity contribution in [2.45, 2.75) is 25.3 Å². The summed E-state index contributed by atoms with van der Waals surface area (Å²) in [4.78, 5) is 14.5. The Kier molecular flexibility index (Phi) is 4.29. The third-order valence-corrected chi connectivity index (χ3v) is 4.29. The lowest BCUT2D eigenvalue weighted by atomic mass is 10.1. The number of rotatable bonds is 5. The number of amides is 2. The lowest BCUT2D eigenvalue weighted by Gasteiger charge is -2.15. The minimum absolute atomic E-state index is 0.163. The van der Waals surface area contributed by atoms with Crippen LogP contribution in [0.5, 0.6) is 5.75 Å². The van der Waals surface area contributed by atoms with E-state index in [0.29, 0.717) is 17.4 Å². The van der Waals surface area contributed by atoms with Crippen LogP contribution in [0.4, 0.5) is 10.5 Å². The number of carbonyl (C=O) groups is 1. The number of carbonyl (C=O) groups excluding carboxylic acids is 1. The monoisotopic (exact) mass is 289 g/mol. The number of anilines is 1. The second-order valence-corrected chi connectivity index (χ2v) is 5.92. The molecule has 0 unspecified atom stereocenters. The van der Waals surface area contributed by atoms with Crippen LogP contribution in [0.15, 0.2) is 24.3 Å². The van der Waals surface area contributed by atoms with Gasteiger partial charge in [0.05, 0.1) is 12.8 Å². The van der Waals surface area contributed by atoms with Gasteiger partial charge in [-0.15, -0.1) is 0 Å². The number of benzene rings is 1. The molecule has 2 N–H and O–H groups in total. The number of nitrogens with one attached hydrogen (secondary N) is 2. The first kappa shape index (κ1) is 14.2. The van der Waals surface area contributed by atoms with E-state index < -0.39 is 0 Å². The first-order chi connectivity index (χ1) is 10.3. The zero-order chi connectivity index (χ0) is 14.7. The van der Waals surface area contributed by atoms with Gasteiger partial charge >= 0.3 is 6.03 Å². The topological polar surface area (TPSA) is 53.6 Å². The highest BCUT2D eigenvalue weighted by atomic mass is 16.5. The van der Waals surface area contributed by atoms with E-state index in [-0.39, 0.29) is 6.03 Å². The van der Waals surface area contributed by atoms with Crippen LogP contribution in [-0.4, -0.2) is 43.7 Å². The Balaban J connectivity index is 1.44. The van der Waals surface area contributed by atoms with E-state index in [4.69, 9.17) is 4.74 Å². The fraction of sp³-hybridized carbons (Fsp3) is 0.562. The van der Waals surface area contributed by atoms with Gasteiger partial charge in [0.1, 0.15) is 5.75 Å². The molecule has 1 aliphatic heterocycles. The van der Waals surface area contributed by atoms with Gasteiger partial charge in [-0.05, 0) is 43.9 Å². The van der Waals surface area contributed by atoms with E-state index in [1.165, 1.54) is 25.8 Å². The van der Waals surface area contributed by atoms with Crippen molar-refractivity contribution < 1.29 is 9.53 Å². The molecule has 0 spiro atoms. The van der Waals surface area contributed by atoms with Gasteiger partial charge in [-0.1, -0.05) is 12.1 Å².